The van der Waals surface area contributed by atoms with Crippen LogP contribution in [0.25, 0.3) is 20.7 Å². The zero-order valence-corrected chi connectivity index (χ0v) is 25.1. The van der Waals surface area contributed by atoms with Gasteiger partial charge in [-0.25, -0.2) is 4.79 Å². The maximum atomic E-state index is 14.2. The lowest BCUT2D eigenvalue weighted by molar-refractivity contribution is 0.0522. The maximum absolute atomic E-state index is 14.2. The molecular weight excluding hydrogens is 580 g/mol. The molecule has 0 unspecified atom stereocenters. The number of rotatable bonds is 9. The fourth-order valence-corrected chi connectivity index (χ4v) is 6.74. The first-order valence-electron chi connectivity index (χ1n) is 13.9. The van der Waals surface area contributed by atoms with E-state index in [2.05, 4.69) is 0 Å². The van der Waals surface area contributed by atoms with E-state index in [0.717, 1.165) is 16.0 Å². The molecule has 1 aliphatic heterocycles. The largest absolute Gasteiger partial charge is 0.497 e. The Balaban J connectivity index is 1.61. The lowest BCUT2D eigenvalue weighted by Gasteiger charge is -2.16. The molecule has 1 aliphatic rings. The van der Waals surface area contributed by atoms with E-state index in [0.29, 0.717) is 37.9 Å². The first-order chi connectivity index (χ1) is 21.4. The van der Waals surface area contributed by atoms with Gasteiger partial charge >= 0.3 is 5.97 Å². The summed E-state index contributed by atoms with van der Waals surface area (Å²) in [4.78, 5) is 56.6. The van der Waals surface area contributed by atoms with Crippen LogP contribution in [-0.4, -0.2) is 48.1 Å². The molecule has 0 spiro atoms. The Morgan fingerprint density at radius 2 is 1.48 bits per heavy atom. The molecule has 44 heavy (non-hydrogen) atoms. The molecule has 5 aromatic rings. The predicted molar refractivity (Wildman–Crippen MR) is 167 cm³/mol. The number of aromatic nitrogens is 1. The number of carbonyl (C=O) groups excluding carboxylic acids is 3. The van der Waals surface area contributed by atoms with Crippen molar-refractivity contribution in [2.45, 2.75) is 20.0 Å². The van der Waals surface area contributed by atoms with E-state index < -0.39 is 23.2 Å². The number of methoxy groups -OCH3 is 2. The number of nitrogens with zero attached hydrogens (tertiary/aromatic N) is 2. The van der Waals surface area contributed by atoms with Gasteiger partial charge in [0.15, 0.2) is 0 Å². The lowest BCUT2D eigenvalue weighted by atomic mass is 10.0. The molecule has 0 N–H and O–H groups in total. The summed E-state index contributed by atoms with van der Waals surface area (Å²) in [7, 11) is 3.15. The van der Waals surface area contributed by atoms with Crippen molar-refractivity contribution in [2.24, 2.45) is 0 Å². The van der Waals surface area contributed by atoms with Crippen LogP contribution in [0.5, 0.6) is 11.5 Å². The lowest BCUT2D eigenvalue weighted by Crippen LogP contribution is -2.30. The highest BCUT2D eigenvalue weighted by Crippen LogP contribution is 2.40. The van der Waals surface area contributed by atoms with Gasteiger partial charge in [0.2, 0.25) is 5.43 Å². The predicted octanol–water partition coefficient (Wildman–Crippen LogP) is 5.77. The van der Waals surface area contributed by atoms with E-state index in [1.807, 2.05) is 41.0 Å². The number of esters is 1. The molecule has 0 fully saturated rings. The van der Waals surface area contributed by atoms with Crippen LogP contribution >= 0.6 is 11.3 Å². The molecule has 222 valence electrons. The highest BCUT2D eigenvalue weighted by atomic mass is 32.1. The van der Waals surface area contributed by atoms with Crippen molar-refractivity contribution < 1.29 is 28.6 Å². The standard InChI is InChI=1S/C34H28N2O7S/c1-4-43-34(40)26-18-35(17-21-9-5-8-12-27(21)42-3)33-28(29(26)37)25(30(44-33)20-13-15-22(41-2)16-14-20)19-36-31(38)23-10-6-7-11-24(23)32(36)39/h5-16,18H,4,17,19H2,1-3H3. The quantitative estimate of drug-likeness (QED) is 0.155. The smallest absolute Gasteiger partial charge is 0.343 e. The van der Waals surface area contributed by atoms with E-state index in [-0.39, 0.29) is 30.6 Å². The average Bonchev–Trinajstić information content (AvgIpc) is 3.55. The van der Waals surface area contributed by atoms with E-state index in [9.17, 15) is 19.2 Å². The van der Waals surface area contributed by atoms with E-state index in [1.54, 1.807) is 57.5 Å². The highest BCUT2D eigenvalue weighted by Gasteiger charge is 2.37. The molecule has 0 saturated carbocycles. The molecule has 2 aromatic heterocycles. The second kappa shape index (κ2) is 11.8. The molecule has 3 aromatic carbocycles. The minimum absolute atomic E-state index is 0.0887. The van der Waals surface area contributed by atoms with Crippen LogP contribution in [-0.2, 0) is 17.8 Å². The third kappa shape index (κ3) is 4.92. The molecule has 0 bridgehead atoms. The molecule has 9 nitrogen and oxygen atoms in total. The molecule has 3 heterocycles. The van der Waals surface area contributed by atoms with Crippen LogP contribution in [0.3, 0.4) is 0 Å². The Morgan fingerprint density at radius 3 is 2.11 bits per heavy atom. The van der Waals surface area contributed by atoms with Crippen molar-refractivity contribution in [2.75, 3.05) is 20.8 Å². The number of carbonyl (C=O) groups is 3. The summed E-state index contributed by atoms with van der Waals surface area (Å²) in [6.07, 6.45) is 1.51. The molecule has 0 aliphatic carbocycles. The molecule has 0 atom stereocenters. The number of para-hydroxylation sites is 1. The Labute approximate surface area is 256 Å². The minimum atomic E-state index is -0.753. The van der Waals surface area contributed by atoms with Gasteiger partial charge in [-0.15, -0.1) is 11.3 Å². The normalized spacial score (nSPS) is 12.5. The van der Waals surface area contributed by atoms with Crippen LogP contribution in [0.1, 0.15) is 49.1 Å². The number of fused-ring (bicyclic) bond motifs is 2. The van der Waals surface area contributed by atoms with Gasteiger partial charge in [-0.3, -0.25) is 19.3 Å². The van der Waals surface area contributed by atoms with Crippen LogP contribution in [0.4, 0.5) is 0 Å². The van der Waals surface area contributed by atoms with Crippen molar-refractivity contribution in [1.82, 2.24) is 9.47 Å². The number of hydrogen-bond donors (Lipinski definition) is 0. The summed E-state index contributed by atoms with van der Waals surface area (Å²) in [5.41, 5.74) is 2.01. The monoisotopic (exact) mass is 608 g/mol. The van der Waals surface area contributed by atoms with Gasteiger partial charge in [-0.1, -0.05) is 30.3 Å². The van der Waals surface area contributed by atoms with Gasteiger partial charge in [0.05, 0.1) is 50.4 Å². The van der Waals surface area contributed by atoms with Crippen LogP contribution < -0.4 is 14.9 Å². The first-order valence-corrected chi connectivity index (χ1v) is 14.7. The zero-order chi connectivity index (χ0) is 31.0. The number of imide groups is 1. The minimum Gasteiger partial charge on any atom is -0.497 e. The van der Waals surface area contributed by atoms with Crippen molar-refractivity contribution in [3.8, 4) is 21.9 Å². The number of benzene rings is 3. The van der Waals surface area contributed by atoms with E-state index in [1.165, 1.54) is 17.5 Å². The fraction of sp³-hybridized carbons (Fsp3) is 0.176. The van der Waals surface area contributed by atoms with Crippen molar-refractivity contribution in [3.05, 3.63) is 117 Å². The molecule has 10 heteroatoms. The average molecular weight is 609 g/mol. The van der Waals surface area contributed by atoms with Crippen LogP contribution in [0.2, 0.25) is 0 Å². The van der Waals surface area contributed by atoms with Crippen molar-refractivity contribution in [1.29, 1.82) is 0 Å². The number of ether oxygens (including phenoxy) is 3. The summed E-state index contributed by atoms with van der Waals surface area (Å²) in [6.45, 7) is 1.88. The number of hydrogen-bond acceptors (Lipinski definition) is 8. The molecule has 6 rings (SSSR count). The fourth-order valence-electron chi connectivity index (χ4n) is 5.45. The second-order valence-corrected chi connectivity index (χ2v) is 11.1. The summed E-state index contributed by atoms with van der Waals surface area (Å²) in [5, 5.41) is 0.248. The molecule has 2 amide bonds. The number of amides is 2. The Kier molecular flexibility index (Phi) is 7.75. The maximum Gasteiger partial charge on any atom is 0.343 e. The second-order valence-electron chi connectivity index (χ2n) is 10.1. The van der Waals surface area contributed by atoms with Gasteiger partial charge in [-0.2, -0.15) is 0 Å². The summed E-state index contributed by atoms with van der Waals surface area (Å²) in [5.74, 6) is -0.340. The van der Waals surface area contributed by atoms with Gasteiger partial charge in [0, 0.05) is 22.2 Å². The molecule has 0 radical (unpaired) electrons. The Bertz CT molecular complexity index is 1960. The van der Waals surface area contributed by atoms with E-state index in [4.69, 9.17) is 14.2 Å². The van der Waals surface area contributed by atoms with Gasteiger partial charge in [-0.05, 0) is 55.0 Å². The van der Waals surface area contributed by atoms with Crippen molar-refractivity contribution >= 4 is 39.3 Å². The van der Waals surface area contributed by atoms with Gasteiger partial charge < -0.3 is 18.8 Å². The number of pyridine rings is 1. The molecule has 0 saturated heterocycles. The summed E-state index contributed by atoms with van der Waals surface area (Å²) >= 11 is 1.35. The number of thiophene rings is 1. The third-order valence-corrected chi connectivity index (χ3v) is 8.90. The van der Waals surface area contributed by atoms with Crippen molar-refractivity contribution in [3.63, 3.8) is 0 Å². The van der Waals surface area contributed by atoms with Gasteiger partial charge in [0.25, 0.3) is 11.8 Å². The zero-order valence-electron chi connectivity index (χ0n) is 24.3. The first kappa shape index (κ1) is 28.9. The third-order valence-electron chi connectivity index (χ3n) is 7.58. The molecular formula is C34H28N2O7S. The SMILES string of the molecule is CCOC(=O)c1cn(Cc2ccccc2OC)c2sc(-c3ccc(OC)cc3)c(CN3C(=O)c4ccccc4C3=O)c2c1=O. The van der Waals surface area contributed by atoms with Gasteiger partial charge in [0.1, 0.15) is 21.9 Å². The topological polar surface area (TPSA) is 104 Å². The van der Waals surface area contributed by atoms with Crippen LogP contribution in [0, 0.1) is 0 Å². The Hall–Kier alpha value is -5.22. The summed E-state index contributed by atoms with van der Waals surface area (Å²) < 4.78 is 18.0. The van der Waals surface area contributed by atoms with Crippen LogP contribution in [0.15, 0.2) is 83.8 Å². The highest BCUT2D eigenvalue weighted by molar-refractivity contribution is 7.22. The Morgan fingerprint density at radius 1 is 0.818 bits per heavy atom. The summed E-state index contributed by atoms with van der Waals surface area (Å²) in [6, 6.07) is 21.5. The van der Waals surface area contributed by atoms with E-state index >= 15 is 0 Å².